The first kappa shape index (κ1) is 28.3. The molecule has 0 aliphatic heterocycles. The molecule has 0 saturated carbocycles. The van der Waals surface area contributed by atoms with E-state index in [0.717, 1.165) is 11.1 Å². The maximum Gasteiger partial charge on any atom is 0.409 e. The Bertz CT molecular complexity index is 1550. The zero-order valence-corrected chi connectivity index (χ0v) is 22.4. The number of pyridine rings is 2. The molecule has 0 aliphatic rings. The predicted octanol–water partition coefficient (Wildman–Crippen LogP) is 4.24. The Morgan fingerprint density at radius 1 is 1.07 bits per heavy atom. The van der Waals surface area contributed by atoms with Gasteiger partial charge < -0.3 is 24.6 Å². The molecule has 10 heteroatoms. The van der Waals surface area contributed by atoms with E-state index in [1.807, 2.05) is 37.3 Å². The molecule has 2 amide bonds. The van der Waals surface area contributed by atoms with Crippen LogP contribution >= 0.6 is 0 Å². The van der Waals surface area contributed by atoms with Crippen molar-refractivity contribution in [2.75, 3.05) is 20.1 Å². The maximum absolute atomic E-state index is 13.5. The molecule has 0 spiro atoms. The third-order valence-corrected chi connectivity index (χ3v) is 6.40. The Hall–Kier alpha value is -4.73. The minimum Gasteiger partial charge on any atom is -0.505 e. The second kappa shape index (κ2) is 12.9. The molecule has 2 aromatic heterocycles. The first-order chi connectivity index (χ1) is 19.3. The van der Waals surface area contributed by atoms with Crippen molar-refractivity contribution in [2.24, 2.45) is 0 Å². The first-order valence-corrected chi connectivity index (χ1v) is 13.0. The number of nitrogens with zero attached hydrogens (tertiary/aromatic N) is 3. The van der Waals surface area contributed by atoms with Crippen LogP contribution in [0.2, 0.25) is 0 Å². The molecular weight excluding hydrogens is 515 g/mol. The van der Waals surface area contributed by atoms with Gasteiger partial charge in [0.1, 0.15) is 23.5 Å². The number of benzene rings is 2. The minimum atomic E-state index is -0.703. The monoisotopic (exact) mass is 546 g/mol. The van der Waals surface area contributed by atoms with Gasteiger partial charge in [0.15, 0.2) is 5.75 Å². The van der Waals surface area contributed by atoms with Crippen LogP contribution in [0, 0.1) is 5.82 Å². The molecule has 9 nitrogen and oxygen atoms in total. The van der Waals surface area contributed by atoms with Gasteiger partial charge in [-0.1, -0.05) is 49.4 Å². The molecule has 4 rings (SSSR count). The highest BCUT2D eigenvalue weighted by molar-refractivity contribution is 6.01. The van der Waals surface area contributed by atoms with Gasteiger partial charge in [-0.15, -0.1) is 0 Å². The highest BCUT2D eigenvalue weighted by Crippen LogP contribution is 2.26. The highest BCUT2D eigenvalue weighted by atomic mass is 19.1. The van der Waals surface area contributed by atoms with E-state index in [0.29, 0.717) is 30.5 Å². The van der Waals surface area contributed by atoms with Gasteiger partial charge in [-0.3, -0.25) is 14.6 Å². The zero-order valence-electron chi connectivity index (χ0n) is 22.4. The lowest BCUT2D eigenvalue weighted by atomic mass is 10.1. The standard InChI is InChI=1S/C30H31FN4O5/c1-3-13-32-28(37)25-27(36)26-24(17-22(18-33-26)16-20-9-11-23(31)12-10-20)35(29(25)38)15-14-34(2)30(39)40-19-21-7-5-4-6-8-21/h4-12,17-18,36H,3,13-16,19H2,1-2H3,(H,32,37). The highest BCUT2D eigenvalue weighted by Gasteiger charge is 2.24. The van der Waals surface area contributed by atoms with Gasteiger partial charge in [0.2, 0.25) is 0 Å². The number of amides is 2. The van der Waals surface area contributed by atoms with Crippen LogP contribution in [0.5, 0.6) is 5.75 Å². The molecule has 0 radical (unpaired) electrons. The molecule has 2 N–H and O–H groups in total. The smallest absolute Gasteiger partial charge is 0.409 e. The number of aromatic nitrogens is 2. The summed E-state index contributed by atoms with van der Waals surface area (Å²) >= 11 is 0. The summed E-state index contributed by atoms with van der Waals surface area (Å²) in [6.07, 6.45) is 2.02. The molecule has 0 unspecified atom stereocenters. The fraction of sp³-hybridized carbons (Fsp3) is 0.267. The summed E-state index contributed by atoms with van der Waals surface area (Å²) in [4.78, 5) is 44.7. The number of carbonyl (C=O) groups is 2. The number of hydrogen-bond donors (Lipinski definition) is 2. The van der Waals surface area contributed by atoms with Crippen molar-refractivity contribution in [1.29, 1.82) is 0 Å². The Labute approximate surface area is 230 Å². The quantitative estimate of drug-likeness (QED) is 0.308. The van der Waals surface area contributed by atoms with Crippen molar-refractivity contribution in [2.45, 2.75) is 32.9 Å². The molecule has 0 atom stereocenters. The number of ether oxygens (including phenoxy) is 1. The Balaban J connectivity index is 1.64. The predicted molar refractivity (Wildman–Crippen MR) is 149 cm³/mol. The minimum absolute atomic E-state index is 0.0162. The number of aromatic hydroxyl groups is 1. The van der Waals surface area contributed by atoms with E-state index >= 15 is 0 Å². The molecule has 2 heterocycles. The van der Waals surface area contributed by atoms with Gasteiger partial charge in [0.25, 0.3) is 11.5 Å². The number of nitrogens with one attached hydrogen (secondary N) is 1. The maximum atomic E-state index is 13.5. The lowest BCUT2D eigenvalue weighted by Gasteiger charge is -2.20. The van der Waals surface area contributed by atoms with Crippen molar-refractivity contribution in [3.8, 4) is 5.75 Å². The van der Waals surface area contributed by atoms with Crippen molar-refractivity contribution in [1.82, 2.24) is 19.8 Å². The number of fused-ring (bicyclic) bond motifs is 1. The van der Waals surface area contributed by atoms with E-state index in [9.17, 15) is 23.9 Å². The number of likely N-dealkylation sites (N-methyl/N-ethyl adjacent to an activating group) is 1. The second-order valence-corrected chi connectivity index (χ2v) is 9.41. The average Bonchev–Trinajstić information content (AvgIpc) is 2.96. The van der Waals surface area contributed by atoms with Gasteiger partial charge in [0.05, 0.1) is 5.52 Å². The summed E-state index contributed by atoms with van der Waals surface area (Å²) in [6, 6.07) is 17.0. The summed E-state index contributed by atoms with van der Waals surface area (Å²) in [5.41, 5.74) is 1.66. The Morgan fingerprint density at radius 2 is 1.80 bits per heavy atom. The molecule has 0 bridgehead atoms. The van der Waals surface area contributed by atoms with Crippen molar-refractivity contribution in [3.63, 3.8) is 0 Å². The number of hydrogen-bond acceptors (Lipinski definition) is 6. The normalized spacial score (nSPS) is 10.9. The summed E-state index contributed by atoms with van der Waals surface area (Å²) in [5, 5.41) is 13.5. The van der Waals surface area contributed by atoms with Crippen molar-refractivity contribution >= 4 is 23.0 Å². The van der Waals surface area contributed by atoms with Crippen LogP contribution < -0.4 is 10.9 Å². The van der Waals surface area contributed by atoms with E-state index < -0.39 is 28.9 Å². The fourth-order valence-corrected chi connectivity index (χ4v) is 4.21. The SMILES string of the molecule is CCCNC(=O)c1c(O)c2ncc(Cc3ccc(F)cc3)cc2n(CCN(C)C(=O)OCc2ccccc2)c1=O. The Kier molecular flexibility index (Phi) is 9.11. The van der Waals surface area contributed by atoms with Crippen LogP contribution in [0.3, 0.4) is 0 Å². The second-order valence-electron chi connectivity index (χ2n) is 9.41. The molecule has 208 valence electrons. The Morgan fingerprint density at radius 3 is 2.50 bits per heavy atom. The summed E-state index contributed by atoms with van der Waals surface area (Å²) in [5.74, 6) is -1.55. The molecule has 4 aromatic rings. The summed E-state index contributed by atoms with van der Waals surface area (Å²) in [7, 11) is 1.55. The molecule has 2 aromatic carbocycles. The van der Waals surface area contributed by atoms with Gasteiger partial charge in [0, 0.05) is 32.9 Å². The molecule has 0 saturated heterocycles. The van der Waals surface area contributed by atoms with E-state index in [2.05, 4.69) is 10.3 Å². The molecule has 0 fully saturated rings. The topological polar surface area (TPSA) is 114 Å². The lowest BCUT2D eigenvalue weighted by molar-refractivity contribution is 0.0946. The van der Waals surface area contributed by atoms with Crippen LogP contribution in [0.4, 0.5) is 9.18 Å². The lowest BCUT2D eigenvalue weighted by Crippen LogP contribution is -2.37. The van der Waals surface area contributed by atoms with Gasteiger partial charge >= 0.3 is 6.09 Å². The van der Waals surface area contributed by atoms with E-state index in [-0.39, 0.29) is 31.0 Å². The van der Waals surface area contributed by atoms with Crippen LogP contribution in [-0.2, 0) is 24.3 Å². The van der Waals surface area contributed by atoms with E-state index in [1.165, 1.54) is 21.6 Å². The molecule has 0 aliphatic carbocycles. The third kappa shape index (κ3) is 6.63. The number of rotatable bonds is 10. The van der Waals surface area contributed by atoms with Crippen LogP contribution in [0.1, 0.15) is 40.4 Å². The molecular formula is C30H31FN4O5. The summed E-state index contributed by atoms with van der Waals surface area (Å²) in [6.45, 7) is 2.41. The number of halogens is 1. The first-order valence-electron chi connectivity index (χ1n) is 13.0. The summed E-state index contributed by atoms with van der Waals surface area (Å²) < 4.78 is 20.1. The van der Waals surface area contributed by atoms with Crippen molar-refractivity contribution < 1.29 is 23.8 Å². The zero-order chi connectivity index (χ0) is 28.6. The van der Waals surface area contributed by atoms with Crippen LogP contribution in [0.25, 0.3) is 11.0 Å². The van der Waals surface area contributed by atoms with Gasteiger partial charge in [-0.05, 0) is 47.7 Å². The van der Waals surface area contributed by atoms with E-state index in [4.69, 9.17) is 4.74 Å². The average molecular weight is 547 g/mol. The van der Waals surface area contributed by atoms with Crippen LogP contribution in [-0.4, -0.2) is 51.7 Å². The van der Waals surface area contributed by atoms with E-state index in [1.54, 1.807) is 31.4 Å². The molecule has 40 heavy (non-hydrogen) atoms. The van der Waals surface area contributed by atoms with Gasteiger partial charge in [-0.2, -0.15) is 0 Å². The van der Waals surface area contributed by atoms with Crippen molar-refractivity contribution in [3.05, 3.63) is 105 Å². The fourth-order valence-electron chi connectivity index (χ4n) is 4.21. The van der Waals surface area contributed by atoms with Gasteiger partial charge in [-0.25, -0.2) is 9.18 Å². The largest absolute Gasteiger partial charge is 0.505 e. The number of carbonyl (C=O) groups excluding carboxylic acids is 2. The third-order valence-electron chi connectivity index (χ3n) is 6.40. The van der Waals surface area contributed by atoms with Crippen LogP contribution in [0.15, 0.2) is 71.7 Å².